The smallest absolute Gasteiger partial charge is 0.410 e. The molecule has 2 saturated heterocycles. The van der Waals surface area contributed by atoms with E-state index < -0.39 is 5.60 Å². The van der Waals surface area contributed by atoms with Crippen LogP contribution in [0.2, 0.25) is 5.28 Å². The number of aromatic nitrogens is 3. The Balaban J connectivity index is 1.63. The van der Waals surface area contributed by atoms with E-state index >= 15 is 0 Å². The number of piperidine rings is 1. The number of likely N-dealkylation sites (tertiary alicyclic amines) is 1. The number of fused-ring (bicyclic) bond motifs is 1. The van der Waals surface area contributed by atoms with Gasteiger partial charge < -0.3 is 14.5 Å². The molecule has 0 aliphatic carbocycles. The number of hydrogen-bond donors (Lipinski definition) is 0. The zero-order valence-corrected chi connectivity index (χ0v) is 14.5. The van der Waals surface area contributed by atoms with Crippen LogP contribution >= 0.6 is 11.6 Å². The molecular formula is C15H22ClN5O2. The normalized spacial score (nSPS) is 24.5. The second-order valence-corrected chi connectivity index (χ2v) is 7.53. The molecule has 2 atom stereocenters. The van der Waals surface area contributed by atoms with Crippen LogP contribution in [0.5, 0.6) is 0 Å². The number of halogens is 1. The van der Waals surface area contributed by atoms with E-state index in [0.717, 1.165) is 32.6 Å². The molecule has 1 aromatic heterocycles. The van der Waals surface area contributed by atoms with E-state index in [2.05, 4.69) is 19.9 Å². The fraction of sp³-hybridized carbons (Fsp3) is 0.733. The summed E-state index contributed by atoms with van der Waals surface area (Å²) < 4.78 is 5.48. The van der Waals surface area contributed by atoms with Crippen LogP contribution in [-0.4, -0.2) is 57.7 Å². The van der Waals surface area contributed by atoms with Gasteiger partial charge in [-0.05, 0) is 50.6 Å². The van der Waals surface area contributed by atoms with Gasteiger partial charge in [0, 0.05) is 26.2 Å². The summed E-state index contributed by atoms with van der Waals surface area (Å²) in [5.74, 6) is 1.57. The summed E-state index contributed by atoms with van der Waals surface area (Å²) >= 11 is 5.84. The number of nitrogens with zero attached hydrogens (tertiary/aromatic N) is 5. The van der Waals surface area contributed by atoms with Crippen molar-refractivity contribution in [2.24, 2.45) is 11.8 Å². The Morgan fingerprint density at radius 1 is 1.26 bits per heavy atom. The Morgan fingerprint density at radius 2 is 2.00 bits per heavy atom. The lowest BCUT2D eigenvalue weighted by Crippen LogP contribution is -2.45. The highest BCUT2D eigenvalue weighted by Gasteiger charge is 2.40. The number of hydrogen-bond acceptors (Lipinski definition) is 6. The molecule has 1 aromatic rings. The van der Waals surface area contributed by atoms with Crippen LogP contribution in [0.25, 0.3) is 0 Å². The van der Waals surface area contributed by atoms with Crippen molar-refractivity contribution in [3.8, 4) is 0 Å². The Morgan fingerprint density at radius 3 is 2.70 bits per heavy atom. The quantitative estimate of drug-likeness (QED) is 0.781. The van der Waals surface area contributed by atoms with Crippen molar-refractivity contribution in [2.75, 3.05) is 31.1 Å². The third-order valence-corrected chi connectivity index (χ3v) is 4.45. The SMILES string of the molecule is CC(C)(C)OC(=O)N1CC[C@@H]2CN(c3ncnc(Cl)n3)C[C@@H]2C1. The van der Waals surface area contributed by atoms with Gasteiger partial charge in [-0.25, -0.2) is 14.8 Å². The number of rotatable bonds is 1. The molecule has 0 bridgehead atoms. The van der Waals surface area contributed by atoms with E-state index in [9.17, 15) is 4.79 Å². The molecule has 2 aliphatic heterocycles. The number of carbonyl (C=O) groups is 1. The molecular weight excluding hydrogens is 318 g/mol. The standard InChI is InChI=1S/C15H22ClN5O2/c1-15(2,3)23-14(22)20-5-4-10-6-21(8-11(10)7-20)13-18-9-17-12(16)19-13/h9-11H,4-8H2,1-3H3/t10-,11+/m1/s1. The fourth-order valence-electron chi connectivity index (χ4n) is 3.25. The van der Waals surface area contributed by atoms with Gasteiger partial charge in [0.15, 0.2) is 0 Å². The molecule has 126 valence electrons. The zero-order chi connectivity index (χ0) is 16.6. The Hall–Kier alpha value is -1.63. The number of carbonyl (C=O) groups excluding carboxylic acids is 1. The summed E-state index contributed by atoms with van der Waals surface area (Å²) in [6.07, 6.45) is 2.18. The molecule has 23 heavy (non-hydrogen) atoms. The largest absolute Gasteiger partial charge is 0.444 e. The van der Waals surface area contributed by atoms with Crippen LogP contribution in [-0.2, 0) is 4.74 Å². The zero-order valence-electron chi connectivity index (χ0n) is 13.7. The highest BCUT2D eigenvalue weighted by Crippen LogP contribution is 2.33. The second kappa shape index (κ2) is 6.11. The van der Waals surface area contributed by atoms with E-state index in [1.807, 2.05) is 25.7 Å². The summed E-state index contributed by atoms with van der Waals surface area (Å²) in [5, 5.41) is 0.209. The summed E-state index contributed by atoms with van der Waals surface area (Å²) in [7, 11) is 0. The molecule has 0 spiro atoms. The molecule has 8 heteroatoms. The van der Waals surface area contributed by atoms with E-state index in [1.165, 1.54) is 6.33 Å². The molecule has 7 nitrogen and oxygen atoms in total. The van der Waals surface area contributed by atoms with E-state index in [1.54, 1.807) is 0 Å². The van der Waals surface area contributed by atoms with Crippen molar-refractivity contribution in [3.63, 3.8) is 0 Å². The van der Waals surface area contributed by atoms with Gasteiger partial charge in [-0.1, -0.05) is 0 Å². The van der Waals surface area contributed by atoms with E-state index in [0.29, 0.717) is 17.8 Å². The van der Waals surface area contributed by atoms with Gasteiger partial charge in [-0.15, -0.1) is 0 Å². The minimum atomic E-state index is -0.461. The first kappa shape index (κ1) is 16.2. The first-order valence-electron chi connectivity index (χ1n) is 7.89. The van der Waals surface area contributed by atoms with Gasteiger partial charge in [0.25, 0.3) is 0 Å². The van der Waals surface area contributed by atoms with Gasteiger partial charge in [0.2, 0.25) is 11.2 Å². The van der Waals surface area contributed by atoms with Gasteiger partial charge in [0.05, 0.1) is 0 Å². The lowest BCUT2D eigenvalue weighted by molar-refractivity contribution is 0.0140. The average Bonchev–Trinajstić information content (AvgIpc) is 2.88. The maximum absolute atomic E-state index is 12.2. The van der Waals surface area contributed by atoms with Crippen molar-refractivity contribution >= 4 is 23.6 Å². The number of ether oxygens (including phenoxy) is 1. The number of amides is 1. The van der Waals surface area contributed by atoms with Crippen LogP contribution in [0.15, 0.2) is 6.33 Å². The average molecular weight is 340 g/mol. The molecule has 0 aromatic carbocycles. The highest BCUT2D eigenvalue weighted by atomic mass is 35.5. The summed E-state index contributed by atoms with van der Waals surface area (Å²) in [6, 6.07) is 0. The number of anilines is 1. The Kier molecular flexibility index (Phi) is 4.31. The van der Waals surface area contributed by atoms with E-state index in [-0.39, 0.29) is 11.4 Å². The molecule has 0 N–H and O–H groups in total. The van der Waals surface area contributed by atoms with E-state index in [4.69, 9.17) is 16.3 Å². The first-order valence-corrected chi connectivity index (χ1v) is 8.27. The second-order valence-electron chi connectivity index (χ2n) is 7.19. The maximum atomic E-state index is 12.2. The predicted molar refractivity (Wildman–Crippen MR) is 86.5 cm³/mol. The first-order chi connectivity index (χ1) is 10.8. The third kappa shape index (κ3) is 3.83. The minimum Gasteiger partial charge on any atom is -0.444 e. The molecule has 2 fully saturated rings. The van der Waals surface area contributed by atoms with Gasteiger partial charge in [-0.3, -0.25) is 0 Å². The van der Waals surface area contributed by atoms with Crippen molar-refractivity contribution in [2.45, 2.75) is 32.8 Å². The van der Waals surface area contributed by atoms with Gasteiger partial charge >= 0.3 is 6.09 Å². The molecule has 1 amide bonds. The molecule has 3 heterocycles. The summed E-state index contributed by atoms with van der Waals surface area (Å²) in [5.41, 5.74) is -0.461. The van der Waals surface area contributed by atoms with Crippen molar-refractivity contribution < 1.29 is 9.53 Å². The minimum absolute atomic E-state index is 0.209. The topological polar surface area (TPSA) is 71.5 Å². The van der Waals surface area contributed by atoms with Gasteiger partial charge in [0.1, 0.15) is 11.9 Å². The third-order valence-electron chi connectivity index (χ3n) is 4.27. The lowest BCUT2D eigenvalue weighted by Gasteiger charge is -2.35. The van der Waals surface area contributed by atoms with Crippen molar-refractivity contribution in [1.82, 2.24) is 19.9 Å². The molecule has 2 aliphatic rings. The van der Waals surface area contributed by atoms with Gasteiger partial charge in [-0.2, -0.15) is 4.98 Å². The van der Waals surface area contributed by atoms with Crippen molar-refractivity contribution in [1.29, 1.82) is 0 Å². The summed E-state index contributed by atoms with van der Waals surface area (Å²) in [6.45, 7) is 8.84. The monoisotopic (exact) mass is 339 g/mol. The highest BCUT2D eigenvalue weighted by molar-refractivity contribution is 6.28. The van der Waals surface area contributed by atoms with Crippen LogP contribution in [0.1, 0.15) is 27.2 Å². The maximum Gasteiger partial charge on any atom is 0.410 e. The molecule has 0 unspecified atom stereocenters. The van der Waals surface area contributed by atoms with Crippen molar-refractivity contribution in [3.05, 3.63) is 11.6 Å². The molecule has 3 rings (SSSR count). The van der Waals surface area contributed by atoms with Crippen LogP contribution in [0.4, 0.5) is 10.7 Å². The van der Waals surface area contributed by atoms with Crippen LogP contribution < -0.4 is 4.90 Å². The fourth-order valence-corrected chi connectivity index (χ4v) is 3.36. The Bertz CT molecular complexity index is 591. The Labute approximate surface area is 141 Å². The predicted octanol–water partition coefficient (Wildman–Crippen LogP) is 2.22. The molecule has 0 saturated carbocycles. The molecule has 0 radical (unpaired) electrons. The lowest BCUT2D eigenvalue weighted by atomic mass is 9.89. The van der Waals surface area contributed by atoms with Crippen LogP contribution in [0.3, 0.4) is 0 Å². The van der Waals surface area contributed by atoms with Crippen LogP contribution in [0, 0.1) is 11.8 Å². The summed E-state index contributed by atoms with van der Waals surface area (Å²) in [4.78, 5) is 28.4.